The van der Waals surface area contributed by atoms with Crippen LogP contribution in [0.4, 0.5) is 0 Å². The predicted octanol–water partition coefficient (Wildman–Crippen LogP) is 1.13. The summed E-state index contributed by atoms with van der Waals surface area (Å²) in [7, 11) is 0. The van der Waals surface area contributed by atoms with Gasteiger partial charge in [0, 0.05) is 6.54 Å². The van der Waals surface area contributed by atoms with E-state index in [1.807, 2.05) is 0 Å². The van der Waals surface area contributed by atoms with Crippen LogP contribution in [0.5, 0.6) is 0 Å². The zero-order valence-corrected chi connectivity index (χ0v) is 12.8. The number of ether oxygens (including phenoxy) is 1. The van der Waals surface area contributed by atoms with Crippen molar-refractivity contribution in [2.75, 3.05) is 13.2 Å². The second-order valence-electron chi connectivity index (χ2n) is 5.29. The van der Waals surface area contributed by atoms with Crippen LogP contribution < -0.4 is 17.2 Å². The smallest absolute Gasteiger partial charge is 0.322 e. The fraction of sp³-hybridized carbons (Fsp3) is 0.857. The standard InChI is InChI=1S/C14H30N4O2/c1-3-4-5-7-11(2)10-20-13(19)12(15)8-6-9-18-14(16)17/h11-12H,3-10,15H2,1-2H3,(H4,16,17,18)/t11?,12-/m0/s1. The van der Waals surface area contributed by atoms with E-state index in [2.05, 4.69) is 18.8 Å². The Labute approximate surface area is 122 Å². The van der Waals surface area contributed by atoms with Gasteiger partial charge < -0.3 is 21.9 Å². The lowest BCUT2D eigenvalue weighted by molar-refractivity contribution is -0.146. The lowest BCUT2D eigenvalue weighted by Crippen LogP contribution is -2.33. The minimum Gasteiger partial charge on any atom is -0.464 e. The molecule has 118 valence electrons. The molecular weight excluding hydrogens is 256 g/mol. The molecule has 0 heterocycles. The SMILES string of the molecule is CCCCCC(C)COC(=O)[C@@H](N)CCCN=C(N)N. The number of nitrogens with two attached hydrogens (primary N) is 3. The van der Waals surface area contributed by atoms with Crippen LogP contribution in [0.25, 0.3) is 0 Å². The lowest BCUT2D eigenvalue weighted by Gasteiger charge is -2.14. The Morgan fingerprint density at radius 3 is 2.50 bits per heavy atom. The van der Waals surface area contributed by atoms with Crippen molar-refractivity contribution >= 4 is 11.9 Å². The molecule has 0 radical (unpaired) electrons. The maximum absolute atomic E-state index is 11.7. The highest BCUT2D eigenvalue weighted by Gasteiger charge is 2.15. The predicted molar refractivity (Wildman–Crippen MR) is 82.2 cm³/mol. The number of aliphatic imine (C=N–C) groups is 1. The summed E-state index contributed by atoms with van der Waals surface area (Å²) >= 11 is 0. The van der Waals surface area contributed by atoms with Crippen LogP contribution in [0, 0.1) is 5.92 Å². The Morgan fingerprint density at radius 2 is 1.90 bits per heavy atom. The molecule has 0 aliphatic carbocycles. The molecule has 1 unspecified atom stereocenters. The third-order valence-corrected chi connectivity index (χ3v) is 3.08. The largest absolute Gasteiger partial charge is 0.464 e. The Bertz CT molecular complexity index is 291. The molecule has 0 aromatic heterocycles. The van der Waals surface area contributed by atoms with Crippen LogP contribution in [-0.2, 0) is 9.53 Å². The maximum atomic E-state index is 11.7. The summed E-state index contributed by atoms with van der Waals surface area (Å²) in [5, 5.41) is 0. The third kappa shape index (κ3) is 10.6. The molecule has 6 nitrogen and oxygen atoms in total. The van der Waals surface area contributed by atoms with E-state index < -0.39 is 6.04 Å². The number of esters is 1. The third-order valence-electron chi connectivity index (χ3n) is 3.08. The number of hydrogen-bond acceptors (Lipinski definition) is 4. The summed E-state index contributed by atoms with van der Waals surface area (Å²) in [6, 6.07) is -0.591. The van der Waals surface area contributed by atoms with Crippen LogP contribution in [0.3, 0.4) is 0 Å². The number of hydrogen-bond donors (Lipinski definition) is 3. The summed E-state index contributed by atoms with van der Waals surface area (Å²) < 4.78 is 5.23. The normalized spacial score (nSPS) is 13.6. The first kappa shape index (κ1) is 18.7. The van der Waals surface area contributed by atoms with Crippen molar-refractivity contribution in [2.24, 2.45) is 28.1 Å². The number of rotatable bonds is 11. The molecule has 0 aromatic rings. The van der Waals surface area contributed by atoms with Crippen LogP contribution in [0.15, 0.2) is 4.99 Å². The number of carbonyl (C=O) groups excluding carboxylic acids is 1. The van der Waals surface area contributed by atoms with E-state index in [0.29, 0.717) is 31.9 Å². The topological polar surface area (TPSA) is 117 Å². The number of carbonyl (C=O) groups is 1. The Hall–Kier alpha value is -1.30. The maximum Gasteiger partial charge on any atom is 0.322 e. The average molecular weight is 286 g/mol. The van der Waals surface area contributed by atoms with E-state index in [1.54, 1.807) is 0 Å². The average Bonchev–Trinajstić information content (AvgIpc) is 2.40. The fourth-order valence-corrected chi connectivity index (χ4v) is 1.79. The second kappa shape index (κ2) is 11.5. The first-order valence-corrected chi connectivity index (χ1v) is 7.45. The number of guanidine groups is 1. The van der Waals surface area contributed by atoms with E-state index >= 15 is 0 Å². The van der Waals surface area contributed by atoms with Crippen molar-refractivity contribution in [3.63, 3.8) is 0 Å². The quantitative estimate of drug-likeness (QED) is 0.228. The Balaban J connectivity index is 3.71. The van der Waals surface area contributed by atoms with Gasteiger partial charge in [0.05, 0.1) is 6.61 Å². The fourth-order valence-electron chi connectivity index (χ4n) is 1.79. The number of unbranched alkanes of at least 4 members (excludes halogenated alkanes) is 2. The van der Waals surface area contributed by atoms with Gasteiger partial charge in [0.1, 0.15) is 6.04 Å². The van der Waals surface area contributed by atoms with Gasteiger partial charge in [-0.25, -0.2) is 0 Å². The first-order chi connectivity index (χ1) is 9.47. The minimum atomic E-state index is -0.591. The highest BCUT2D eigenvalue weighted by molar-refractivity contribution is 5.76. The van der Waals surface area contributed by atoms with Gasteiger partial charge in [-0.15, -0.1) is 0 Å². The van der Waals surface area contributed by atoms with E-state index in [-0.39, 0.29) is 11.9 Å². The van der Waals surface area contributed by atoms with E-state index in [0.717, 1.165) is 6.42 Å². The van der Waals surface area contributed by atoms with Gasteiger partial charge in [-0.1, -0.05) is 33.1 Å². The summed E-state index contributed by atoms with van der Waals surface area (Å²) in [5.74, 6) is 0.110. The molecule has 2 atom stereocenters. The van der Waals surface area contributed by atoms with Gasteiger partial charge in [-0.3, -0.25) is 9.79 Å². The number of nitrogens with zero attached hydrogens (tertiary/aromatic N) is 1. The molecule has 6 N–H and O–H groups in total. The van der Waals surface area contributed by atoms with Crippen molar-refractivity contribution in [3.05, 3.63) is 0 Å². The van der Waals surface area contributed by atoms with Crippen LogP contribution in [0.2, 0.25) is 0 Å². The van der Waals surface area contributed by atoms with Gasteiger partial charge in [-0.2, -0.15) is 0 Å². The molecule has 0 amide bonds. The van der Waals surface area contributed by atoms with Crippen LogP contribution in [0.1, 0.15) is 52.4 Å². The van der Waals surface area contributed by atoms with Gasteiger partial charge in [0.2, 0.25) is 0 Å². The van der Waals surface area contributed by atoms with Crippen molar-refractivity contribution in [1.82, 2.24) is 0 Å². The molecule has 20 heavy (non-hydrogen) atoms. The van der Waals surface area contributed by atoms with E-state index in [9.17, 15) is 4.79 Å². The zero-order chi connectivity index (χ0) is 15.4. The molecule has 0 aliphatic rings. The summed E-state index contributed by atoms with van der Waals surface area (Å²) in [6.45, 7) is 5.19. The van der Waals surface area contributed by atoms with E-state index in [4.69, 9.17) is 21.9 Å². The van der Waals surface area contributed by atoms with Crippen LogP contribution >= 0.6 is 0 Å². The van der Waals surface area contributed by atoms with Crippen molar-refractivity contribution in [3.8, 4) is 0 Å². The van der Waals surface area contributed by atoms with Gasteiger partial charge in [0.15, 0.2) is 5.96 Å². The molecule has 0 fully saturated rings. The summed E-state index contributed by atoms with van der Waals surface area (Å²) in [4.78, 5) is 15.5. The highest BCUT2D eigenvalue weighted by atomic mass is 16.5. The molecule has 0 bridgehead atoms. The summed E-state index contributed by atoms with van der Waals surface area (Å²) in [6.07, 6.45) is 5.89. The zero-order valence-electron chi connectivity index (χ0n) is 12.8. The minimum absolute atomic E-state index is 0.0575. The van der Waals surface area contributed by atoms with Gasteiger partial charge in [0.25, 0.3) is 0 Å². The lowest BCUT2D eigenvalue weighted by atomic mass is 10.0. The molecule has 0 aliphatic heterocycles. The molecule has 0 saturated heterocycles. The van der Waals surface area contributed by atoms with Gasteiger partial charge in [-0.05, 0) is 25.2 Å². The first-order valence-electron chi connectivity index (χ1n) is 7.45. The second-order valence-corrected chi connectivity index (χ2v) is 5.29. The van der Waals surface area contributed by atoms with Crippen molar-refractivity contribution in [2.45, 2.75) is 58.4 Å². The molecule has 0 aromatic carbocycles. The summed E-state index contributed by atoms with van der Waals surface area (Å²) in [5.41, 5.74) is 16.2. The van der Waals surface area contributed by atoms with Gasteiger partial charge >= 0.3 is 5.97 Å². The molecular formula is C14H30N4O2. The monoisotopic (exact) mass is 286 g/mol. The molecule has 0 saturated carbocycles. The molecule has 6 heteroatoms. The van der Waals surface area contributed by atoms with Crippen molar-refractivity contribution in [1.29, 1.82) is 0 Å². The Kier molecular flexibility index (Phi) is 10.8. The van der Waals surface area contributed by atoms with Crippen LogP contribution in [-0.4, -0.2) is 31.1 Å². The van der Waals surface area contributed by atoms with E-state index in [1.165, 1.54) is 19.3 Å². The Morgan fingerprint density at radius 1 is 1.20 bits per heavy atom. The molecule has 0 spiro atoms. The highest BCUT2D eigenvalue weighted by Crippen LogP contribution is 2.10. The van der Waals surface area contributed by atoms with Crippen molar-refractivity contribution < 1.29 is 9.53 Å². The molecule has 0 rings (SSSR count).